The molecule has 0 spiro atoms. The molecule has 102 valence electrons. The van der Waals surface area contributed by atoms with E-state index in [0.717, 1.165) is 35.6 Å². The quantitative estimate of drug-likeness (QED) is 0.639. The van der Waals surface area contributed by atoms with E-state index in [1.807, 2.05) is 23.7 Å². The van der Waals surface area contributed by atoms with Crippen molar-refractivity contribution in [2.24, 2.45) is 0 Å². The van der Waals surface area contributed by atoms with Gasteiger partial charge in [-0.25, -0.2) is 4.68 Å². The van der Waals surface area contributed by atoms with E-state index in [1.165, 1.54) is 19.3 Å². The van der Waals surface area contributed by atoms with E-state index < -0.39 is 0 Å². The molecule has 0 saturated carbocycles. The highest BCUT2D eigenvalue weighted by molar-refractivity contribution is 5.62. The second-order valence-electron chi connectivity index (χ2n) is 4.92. The van der Waals surface area contributed by atoms with Crippen LogP contribution in [-0.2, 0) is 6.54 Å². The van der Waals surface area contributed by atoms with E-state index in [9.17, 15) is 0 Å². The number of rotatable bonds is 6. The Bertz CT molecular complexity index is 512. The molecule has 0 aliphatic heterocycles. The maximum Gasteiger partial charge on any atom is 0.182 e. The minimum atomic E-state index is 0.746. The van der Waals surface area contributed by atoms with Crippen LogP contribution in [0.4, 0.5) is 5.69 Å². The molecule has 1 aromatic heterocycles. The van der Waals surface area contributed by atoms with Crippen LogP contribution >= 0.6 is 0 Å². The number of nitrogens with two attached hydrogens (primary N) is 1. The number of hydrogen-bond acceptors (Lipinski definition) is 4. The first-order chi connectivity index (χ1) is 9.20. The molecule has 0 amide bonds. The van der Waals surface area contributed by atoms with E-state index in [1.54, 1.807) is 0 Å². The highest BCUT2D eigenvalue weighted by atomic mass is 15.5. The second-order valence-corrected chi connectivity index (χ2v) is 4.92. The molecule has 5 heteroatoms. The monoisotopic (exact) mass is 259 g/mol. The molecule has 0 saturated heterocycles. The van der Waals surface area contributed by atoms with Crippen LogP contribution < -0.4 is 5.73 Å². The van der Waals surface area contributed by atoms with Gasteiger partial charge in [0.25, 0.3) is 0 Å². The molecule has 2 aromatic rings. The van der Waals surface area contributed by atoms with Gasteiger partial charge >= 0.3 is 0 Å². The summed E-state index contributed by atoms with van der Waals surface area (Å²) in [4.78, 5) is 0. The van der Waals surface area contributed by atoms with Crippen molar-refractivity contribution < 1.29 is 0 Å². The summed E-state index contributed by atoms with van der Waals surface area (Å²) in [5, 5.41) is 12.0. The fourth-order valence-corrected chi connectivity index (χ4v) is 2.19. The average molecular weight is 259 g/mol. The molecule has 2 N–H and O–H groups in total. The van der Waals surface area contributed by atoms with Crippen LogP contribution in [0.2, 0.25) is 0 Å². The summed E-state index contributed by atoms with van der Waals surface area (Å²) >= 11 is 0. The van der Waals surface area contributed by atoms with Crippen molar-refractivity contribution in [2.45, 2.75) is 46.1 Å². The third-order valence-corrected chi connectivity index (χ3v) is 3.11. The van der Waals surface area contributed by atoms with Gasteiger partial charge in [-0.05, 0) is 47.5 Å². The first-order valence-electron chi connectivity index (χ1n) is 6.84. The third-order valence-electron chi connectivity index (χ3n) is 3.11. The molecular formula is C14H21N5. The van der Waals surface area contributed by atoms with Crippen LogP contribution in [0.15, 0.2) is 18.2 Å². The molecule has 0 bridgehead atoms. The summed E-state index contributed by atoms with van der Waals surface area (Å²) in [5.74, 6) is 0.798. The molecule has 2 rings (SSSR count). The minimum Gasteiger partial charge on any atom is -0.399 e. The van der Waals surface area contributed by atoms with Crippen LogP contribution in [-0.4, -0.2) is 20.2 Å². The number of unbranched alkanes of at least 4 members (excludes halogenated alkanes) is 3. The number of anilines is 1. The van der Waals surface area contributed by atoms with Gasteiger partial charge in [-0.15, -0.1) is 5.10 Å². The van der Waals surface area contributed by atoms with Crippen LogP contribution in [0.5, 0.6) is 0 Å². The molecule has 0 fully saturated rings. The molecule has 19 heavy (non-hydrogen) atoms. The highest BCUT2D eigenvalue weighted by Gasteiger charge is 2.09. The number of tetrazole rings is 1. The lowest BCUT2D eigenvalue weighted by molar-refractivity contribution is 0.531. The molecule has 0 unspecified atom stereocenters. The van der Waals surface area contributed by atoms with Gasteiger partial charge in [0.1, 0.15) is 0 Å². The van der Waals surface area contributed by atoms with E-state index in [4.69, 9.17) is 5.73 Å². The summed E-state index contributed by atoms with van der Waals surface area (Å²) in [7, 11) is 0. The second kappa shape index (κ2) is 6.31. The van der Waals surface area contributed by atoms with Gasteiger partial charge in [0.15, 0.2) is 5.82 Å². The molecule has 0 aliphatic carbocycles. The standard InChI is InChI=1S/C14H21N5/c1-3-4-5-6-7-19-14(16-17-18-19)12-8-11(2)9-13(15)10-12/h8-10H,3-7,15H2,1-2H3. The predicted octanol–water partition coefficient (Wildman–Crippen LogP) is 2.81. The molecule has 1 aromatic carbocycles. The first kappa shape index (κ1) is 13.5. The summed E-state index contributed by atoms with van der Waals surface area (Å²) in [6.07, 6.45) is 4.81. The lowest BCUT2D eigenvalue weighted by atomic mass is 10.1. The topological polar surface area (TPSA) is 69.6 Å². The van der Waals surface area contributed by atoms with Crippen molar-refractivity contribution in [2.75, 3.05) is 5.73 Å². The van der Waals surface area contributed by atoms with Crippen molar-refractivity contribution in [3.63, 3.8) is 0 Å². The van der Waals surface area contributed by atoms with E-state index in [-0.39, 0.29) is 0 Å². The summed E-state index contributed by atoms with van der Waals surface area (Å²) in [6, 6.07) is 5.92. The summed E-state index contributed by atoms with van der Waals surface area (Å²) in [6.45, 7) is 5.09. The predicted molar refractivity (Wildman–Crippen MR) is 76.5 cm³/mol. The molecule has 0 atom stereocenters. The Morgan fingerprint density at radius 1 is 1.16 bits per heavy atom. The van der Waals surface area contributed by atoms with E-state index in [0.29, 0.717) is 0 Å². The molecule has 5 nitrogen and oxygen atoms in total. The molecule has 1 heterocycles. The van der Waals surface area contributed by atoms with Crippen LogP contribution in [0.25, 0.3) is 11.4 Å². The van der Waals surface area contributed by atoms with E-state index >= 15 is 0 Å². The Kier molecular flexibility index (Phi) is 4.49. The van der Waals surface area contributed by atoms with Crippen molar-refractivity contribution in [3.05, 3.63) is 23.8 Å². The largest absolute Gasteiger partial charge is 0.399 e. The Morgan fingerprint density at radius 2 is 2.00 bits per heavy atom. The van der Waals surface area contributed by atoms with Gasteiger partial charge in [0.05, 0.1) is 0 Å². The molecular weight excluding hydrogens is 238 g/mol. The maximum absolute atomic E-state index is 5.88. The smallest absolute Gasteiger partial charge is 0.182 e. The minimum absolute atomic E-state index is 0.746. The number of nitrogens with zero attached hydrogens (tertiary/aromatic N) is 4. The van der Waals surface area contributed by atoms with Crippen LogP contribution in [0.1, 0.15) is 38.2 Å². The number of hydrogen-bond donors (Lipinski definition) is 1. The Hall–Kier alpha value is -1.91. The number of aromatic nitrogens is 4. The van der Waals surface area contributed by atoms with Crippen molar-refractivity contribution in [1.82, 2.24) is 20.2 Å². The Balaban J connectivity index is 2.14. The van der Waals surface area contributed by atoms with Crippen LogP contribution in [0, 0.1) is 6.92 Å². The molecule has 0 aliphatic rings. The molecule has 0 radical (unpaired) electrons. The third kappa shape index (κ3) is 3.53. The van der Waals surface area contributed by atoms with Gasteiger partial charge in [-0.3, -0.25) is 0 Å². The normalized spacial score (nSPS) is 10.8. The van der Waals surface area contributed by atoms with Gasteiger partial charge in [-0.1, -0.05) is 26.2 Å². The van der Waals surface area contributed by atoms with Gasteiger partial charge < -0.3 is 5.73 Å². The SMILES string of the molecule is CCCCCCn1nnnc1-c1cc(C)cc(N)c1. The lowest BCUT2D eigenvalue weighted by Crippen LogP contribution is -2.03. The zero-order valence-corrected chi connectivity index (χ0v) is 11.6. The van der Waals surface area contributed by atoms with Crippen molar-refractivity contribution >= 4 is 5.69 Å². The highest BCUT2D eigenvalue weighted by Crippen LogP contribution is 2.21. The van der Waals surface area contributed by atoms with Crippen LogP contribution in [0.3, 0.4) is 0 Å². The van der Waals surface area contributed by atoms with Gasteiger partial charge in [-0.2, -0.15) is 0 Å². The zero-order chi connectivity index (χ0) is 13.7. The Morgan fingerprint density at radius 3 is 2.74 bits per heavy atom. The fourth-order valence-electron chi connectivity index (χ4n) is 2.19. The van der Waals surface area contributed by atoms with Crippen molar-refractivity contribution in [3.8, 4) is 11.4 Å². The zero-order valence-electron chi connectivity index (χ0n) is 11.6. The van der Waals surface area contributed by atoms with E-state index in [2.05, 4.69) is 28.5 Å². The van der Waals surface area contributed by atoms with Gasteiger partial charge in [0, 0.05) is 17.8 Å². The Labute approximate surface area is 113 Å². The van der Waals surface area contributed by atoms with Crippen molar-refractivity contribution in [1.29, 1.82) is 0 Å². The summed E-state index contributed by atoms with van der Waals surface area (Å²) in [5.41, 5.74) is 8.73. The van der Waals surface area contributed by atoms with Gasteiger partial charge in [0.2, 0.25) is 0 Å². The summed E-state index contributed by atoms with van der Waals surface area (Å²) < 4.78 is 1.86. The average Bonchev–Trinajstić information content (AvgIpc) is 2.82. The number of benzene rings is 1. The maximum atomic E-state index is 5.88. The first-order valence-corrected chi connectivity index (χ1v) is 6.84. The fraction of sp³-hybridized carbons (Fsp3) is 0.500. The lowest BCUT2D eigenvalue weighted by Gasteiger charge is -2.06. The number of aryl methyl sites for hydroxylation is 2. The number of nitrogen functional groups attached to an aromatic ring is 1.